The Labute approximate surface area is 248 Å². The van der Waals surface area contributed by atoms with Gasteiger partial charge in [-0.15, -0.1) is 0 Å². The molecule has 0 aliphatic carbocycles. The Morgan fingerprint density at radius 2 is 1.15 bits per heavy atom. The normalized spacial score (nSPS) is 14.7. The predicted octanol–water partition coefficient (Wildman–Crippen LogP) is 8.21. The van der Waals surface area contributed by atoms with Gasteiger partial charge >= 0.3 is 0 Å². The first-order valence-corrected chi connectivity index (χ1v) is 17.8. The van der Waals surface area contributed by atoms with E-state index in [1.54, 1.807) is 0 Å². The molecule has 0 aromatic heterocycles. The van der Waals surface area contributed by atoms with Gasteiger partial charge in [-0.3, -0.25) is 4.57 Å². The number of unbranched alkanes of at least 4 members (excludes halogenated alkanes) is 17. The number of ether oxygens (including phenoxy) is 2. The lowest BCUT2D eigenvalue weighted by Gasteiger charge is -2.28. The van der Waals surface area contributed by atoms with Crippen molar-refractivity contribution in [2.75, 3.05) is 61.2 Å². The van der Waals surface area contributed by atoms with E-state index in [2.05, 4.69) is 19.1 Å². The Hall–Kier alpha value is -0.270. The maximum atomic E-state index is 11.9. The minimum atomic E-state index is -4.33. The molecule has 8 heteroatoms. The van der Waals surface area contributed by atoms with Crippen LogP contribution in [0.15, 0.2) is 12.2 Å². The van der Waals surface area contributed by atoms with Gasteiger partial charge in [0.2, 0.25) is 0 Å². The largest absolute Gasteiger partial charge is 0.756 e. The lowest BCUT2D eigenvalue weighted by molar-refractivity contribution is -0.870. The van der Waals surface area contributed by atoms with Crippen molar-refractivity contribution in [1.82, 2.24) is 0 Å². The highest BCUT2D eigenvalue weighted by atomic mass is 31.2. The Morgan fingerprint density at radius 3 is 1.62 bits per heavy atom. The first kappa shape index (κ1) is 39.7. The van der Waals surface area contributed by atoms with Crippen molar-refractivity contribution in [3.63, 3.8) is 0 Å². The zero-order valence-electron chi connectivity index (χ0n) is 27.0. The maximum absolute atomic E-state index is 11.9. The van der Waals surface area contributed by atoms with Crippen LogP contribution in [0.3, 0.4) is 0 Å². The monoisotopic (exact) mass is 591 g/mol. The first-order valence-electron chi connectivity index (χ1n) is 16.4. The van der Waals surface area contributed by atoms with Gasteiger partial charge in [0.05, 0.1) is 34.4 Å². The van der Waals surface area contributed by atoms with E-state index >= 15 is 0 Å². The Balaban J connectivity index is 3.47. The van der Waals surface area contributed by atoms with Crippen LogP contribution in [0.2, 0.25) is 0 Å². The van der Waals surface area contributed by atoms with Crippen LogP contribution in [0.4, 0.5) is 0 Å². The van der Waals surface area contributed by atoms with Crippen molar-refractivity contribution in [3.8, 4) is 0 Å². The van der Waals surface area contributed by atoms with E-state index in [4.69, 9.17) is 18.5 Å². The zero-order valence-corrected chi connectivity index (χ0v) is 27.9. The number of quaternary nitrogens is 1. The SMILES string of the molecule is CCCCCCCCCCCCCCCC/C=C\CCCCCOC[C@H](COP(=O)([O-])OCC[N+](C)(C)C)OC. The smallest absolute Gasteiger partial charge is 0.268 e. The van der Waals surface area contributed by atoms with E-state index in [1.165, 1.54) is 110 Å². The highest BCUT2D eigenvalue weighted by Crippen LogP contribution is 2.38. The van der Waals surface area contributed by atoms with Crippen molar-refractivity contribution < 1.29 is 32.5 Å². The second-order valence-electron chi connectivity index (χ2n) is 12.2. The third-order valence-corrected chi connectivity index (χ3v) is 8.08. The van der Waals surface area contributed by atoms with Gasteiger partial charge in [-0.1, -0.05) is 109 Å². The highest BCUT2D eigenvalue weighted by Gasteiger charge is 2.16. The van der Waals surface area contributed by atoms with Crippen LogP contribution in [0.5, 0.6) is 0 Å². The number of hydrogen-bond acceptors (Lipinski definition) is 6. The van der Waals surface area contributed by atoms with Crippen molar-refractivity contribution in [3.05, 3.63) is 12.2 Å². The first-order chi connectivity index (χ1) is 19.2. The fourth-order valence-corrected chi connectivity index (χ4v) is 5.10. The molecule has 240 valence electrons. The summed E-state index contributed by atoms with van der Waals surface area (Å²) in [5, 5.41) is 0. The third kappa shape index (κ3) is 30.7. The highest BCUT2D eigenvalue weighted by molar-refractivity contribution is 7.45. The third-order valence-electron chi connectivity index (χ3n) is 7.12. The molecule has 2 atom stereocenters. The van der Waals surface area contributed by atoms with E-state index in [0.717, 1.165) is 19.3 Å². The van der Waals surface area contributed by atoms with Gasteiger partial charge in [-0.05, 0) is 32.1 Å². The van der Waals surface area contributed by atoms with Crippen molar-refractivity contribution >= 4 is 7.82 Å². The number of phosphoric ester groups is 1. The van der Waals surface area contributed by atoms with E-state index in [1.807, 2.05) is 21.1 Å². The lowest BCUT2D eigenvalue weighted by atomic mass is 10.0. The Bertz CT molecular complexity index is 611. The molecule has 1 unspecified atom stereocenters. The zero-order chi connectivity index (χ0) is 29.8. The fourth-order valence-electron chi connectivity index (χ4n) is 4.37. The van der Waals surface area contributed by atoms with Crippen molar-refractivity contribution in [1.29, 1.82) is 0 Å². The fraction of sp³-hybridized carbons (Fsp3) is 0.938. The second-order valence-corrected chi connectivity index (χ2v) is 13.6. The van der Waals surface area contributed by atoms with Crippen LogP contribution in [0.25, 0.3) is 0 Å². The number of hydrogen-bond donors (Lipinski definition) is 0. The maximum Gasteiger partial charge on any atom is 0.268 e. The van der Waals surface area contributed by atoms with Gasteiger partial charge < -0.3 is 27.9 Å². The van der Waals surface area contributed by atoms with Crippen LogP contribution >= 0.6 is 7.82 Å². The van der Waals surface area contributed by atoms with Crippen molar-refractivity contribution in [2.45, 2.75) is 135 Å². The molecule has 0 N–H and O–H groups in total. The van der Waals surface area contributed by atoms with Gasteiger partial charge in [0, 0.05) is 13.7 Å². The molecule has 0 radical (unpaired) electrons. The molecule has 0 amide bonds. The van der Waals surface area contributed by atoms with Gasteiger partial charge in [-0.25, -0.2) is 0 Å². The molecule has 0 aliphatic rings. The molecular formula is C32H66NO6P. The van der Waals surface area contributed by atoms with Gasteiger partial charge in [0.15, 0.2) is 0 Å². The molecule has 0 rings (SSSR count). The summed E-state index contributed by atoms with van der Waals surface area (Å²) in [5.74, 6) is 0. The summed E-state index contributed by atoms with van der Waals surface area (Å²) in [5.41, 5.74) is 0. The molecule has 0 fully saturated rings. The number of methoxy groups -OCH3 is 1. The molecular weight excluding hydrogens is 525 g/mol. The van der Waals surface area contributed by atoms with E-state index in [9.17, 15) is 9.46 Å². The molecule has 7 nitrogen and oxygen atoms in total. The van der Waals surface area contributed by atoms with Crippen molar-refractivity contribution in [2.24, 2.45) is 0 Å². The van der Waals surface area contributed by atoms with E-state index in [-0.39, 0.29) is 13.2 Å². The molecule has 0 saturated carbocycles. The summed E-state index contributed by atoms with van der Waals surface area (Å²) in [6, 6.07) is 0. The average Bonchev–Trinajstić information content (AvgIpc) is 2.90. The van der Waals surface area contributed by atoms with Gasteiger partial charge in [-0.2, -0.15) is 0 Å². The van der Waals surface area contributed by atoms with Crippen LogP contribution in [0.1, 0.15) is 129 Å². The van der Waals surface area contributed by atoms with Gasteiger partial charge in [0.1, 0.15) is 19.3 Å². The number of rotatable bonds is 31. The summed E-state index contributed by atoms with van der Waals surface area (Å²) in [6.45, 7) is 3.78. The average molecular weight is 592 g/mol. The second kappa shape index (κ2) is 27.6. The minimum Gasteiger partial charge on any atom is -0.756 e. The summed E-state index contributed by atoms with van der Waals surface area (Å²) in [6.07, 6.45) is 29.6. The molecule has 0 spiro atoms. The van der Waals surface area contributed by atoms with E-state index in [0.29, 0.717) is 24.2 Å². The molecule has 0 saturated heterocycles. The minimum absolute atomic E-state index is 0.0904. The number of phosphoric acid groups is 1. The van der Waals surface area contributed by atoms with Crippen LogP contribution in [0, 0.1) is 0 Å². The summed E-state index contributed by atoms with van der Waals surface area (Å²) >= 11 is 0. The van der Waals surface area contributed by atoms with Crippen LogP contribution in [-0.4, -0.2) is 71.8 Å². The molecule has 0 bridgehead atoms. The number of nitrogens with zero attached hydrogens (tertiary/aromatic N) is 1. The predicted molar refractivity (Wildman–Crippen MR) is 167 cm³/mol. The quantitative estimate of drug-likeness (QED) is 0.0350. The van der Waals surface area contributed by atoms with E-state index < -0.39 is 13.9 Å². The molecule has 0 heterocycles. The lowest BCUT2D eigenvalue weighted by Crippen LogP contribution is -2.37. The number of likely N-dealkylation sites (N-methyl/N-ethyl adjacent to an activating group) is 1. The molecule has 0 aliphatic heterocycles. The Kier molecular flexibility index (Phi) is 27.4. The molecule has 0 aromatic rings. The summed E-state index contributed by atoms with van der Waals surface area (Å²) in [4.78, 5) is 11.9. The number of allylic oxidation sites excluding steroid dienone is 2. The summed E-state index contributed by atoms with van der Waals surface area (Å²) < 4.78 is 33.3. The van der Waals surface area contributed by atoms with Crippen LogP contribution in [-0.2, 0) is 23.1 Å². The summed E-state index contributed by atoms with van der Waals surface area (Å²) in [7, 11) is 3.10. The molecule has 0 aromatic carbocycles. The van der Waals surface area contributed by atoms with Crippen LogP contribution < -0.4 is 4.89 Å². The standard InChI is InChI=1S/C32H66NO6P/c1-6-7-8-9-10-11-12-13-14-15-16-17-18-19-20-21-22-23-24-25-26-28-37-30-32(36-5)31-39-40(34,35)38-29-27-33(2,3)4/h21-22,32H,6-20,23-31H2,1-5H3/b22-21-/t32-/m1/s1. The Morgan fingerprint density at radius 1 is 0.675 bits per heavy atom. The topological polar surface area (TPSA) is 77.1 Å². The molecule has 40 heavy (non-hydrogen) atoms. The van der Waals surface area contributed by atoms with Gasteiger partial charge in [0.25, 0.3) is 7.82 Å².